The molecule has 1 aromatic heterocycles. The van der Waals surface area contributed by atoms with Crippen molar-refractivity contribution in [3.05, 3.63) is 63.8 Å². The molecule has 23 heavy (non-hydrogen) atoms. The number of ether oxygens (including phenoxy) is 1. The number of aryl methyl sites for hydroxylation is 1. The summed E-state index contributed by atoms with van der Waals surface area (Å²) < 4.78 is 5.21. The van der Waals surface area contributed by atoms with Gasteiger partial charge in [0.1, 0.15) is 11.6 Å². The van der Waals surface area contributed by atoms with Crippen LogP contribution in [0, 0.1) is 6.92 Å². The normalized spacial score (nSPS) is 13.4. The number of hydrogen-bond donors (Lipinski definition) is 1. The van der Waals surface area contributed by atoms with Gasteiger partial charge in [0.05, 0.1) is 12.6 Å². The second kappa shape index (κ2) is 5.16. The molecule has 4 rings (SSSR count). The van der Waals surface area contributed by atoms with Crippen LogP contribution in [0.2, 0.25) is 0 Å². The van der Waals surface area contributed by atoms with Crippen molar-refractivity contribution in [2.24, 2.45) is 0 Å². The van der Waals surface area contributed by atoms with Gasteiger partial charge < -0.3 is 14.6 Å². The lowest BCUT2D eigenvalue weighted by atomic mass is 10.1. The number of benzene rings is 2. The molecule has 0 radical (unpaired) electrons. The fraction of sp³-hybridized carbons (Fsp3) is 0.211. The fourth-order valence-electron chi connectivity index (χ4n) is 3.25. The summed E-state index contributed by atoms with van der Waals surface area (Å²) in [5.74, 6) is 1.74. The van der Waals surface area contributed by atoms with Gasteiger partial charge in [-0.3, -0.25) is 4.79 Å². The topological polar surface area (TPSA) is 45.3 Å². The maximum atomic E-state index is 12.8. The molecule has 0 bridgehead atoms. The summed E-state index contributed by atoms with van der Waals surface area (Å²) in [6, 6.07) is 13.9. The molecule has 3 aromatic rings. The van der Waals surface area contributed by atoms with E-state index in [0.717, 1.165) is 52.3 Å². The molecule has 0 aliphatic carbocycles. The highest BCUT2D eigenvalue weighted by Gasteiger charge is 2.25. The molecular weight excluding hydrogens is 288 g/mol. The van der Waals surface area contributed by atoms with Crippen LogP contribution in [0.5, 0.6) is 5.75 Å². The third kappa shape index (κ3) is 2.18. The number of anilines is 2. The minimum Gasteiger partial charge on any atom is -0.497 e. The Labute approximate surface area is 134 Å². The second-order valence-corrected chi connectivity index (χ2v) is 5.93. The number of aromatic amines is 1. The molecule has 0 spiro atoms. The van der Waals surface area contributed by atoms with Crippen LogP contribution in [0.3, 0.4) is 0 Å². The Balaban J connectivity index is 1.86. The van der Waals surface area contributed by atoms with E-state index in [1.54, 1.807) is 7.11 Å². The first-order chi connectivity index (χ1) is 11.2. The molecule has 0 amide bonds. The predicted molar refractivity (Wildman–Crippen MR) is 93.0 cm³/mol. The van der Waals surface area contributed by atoms with E-state index in [4.69, 9.17) is 4.74 Å². The maximum absolute atomic E-state index is 12.8. The largest absolute Gasteiger partial charge is 0.497 e. The summed E-state index contributed by atoms with van der Waals surface area (Å²) in [5, 5.41) is 0.778. The van der Waals surface area contributed by atoms with Gasteiger partial charge in [0.25, 0.3) is 0 Å². The summed E-state index contributed by atoms with van der Waals surface area (Å²) in [7, 11) is 1.66. The molecule has 0 fully saturated rings. The van der Waals surface area contributed by atoms with Crippen molar-refractivity contribution in [2.45, 2.75) is 13.3 Å². The number of fused-ring (bicyclic) bond motifs is 2. The van der Waals surface area contributed by atoms with Gasteiger partial charge in [0.15, 0.2) is 5.43 Å². The number of hydrogen-bond acceptors (Lipinski definition) is 3. The van der Waals surface area contributed by atoms with Crippen molar-refractivity contribution in [2.75, 3.05) is 18.6 Å². The zero-order valence-corrected chi connectivity index (χ0v) is 13.2. The highest BCUT2D eigenvalue weighted by Crippen LogP contribution is 2.33. The predicted octanol–water partition coefficient (Wildman–Crippen LogP) is 3.54. The average molecular weight is 306 g/mol. The summed E-state index contributed by atoms with van der Waals surface area (Å²) >= 11 is 0. The Kier molecular flexibility index (Phi) is 3.11. The Bertz CT molecular complexity index is 942. The molecule has 0 atom stereocenters. The lowest BCUT2D eigenvalue weighted by molar-refractivity contribution is 0.415. The van der Waals surface area contributed by atoms with Crippen LogP contribution in [0.1, 0.15) is 11.1 Å². The van der Waals surface area contributed by atoms with Crippen LogP contribution in [0.4, 0.5) is 11.5 Å². The van der Waals surface area contributed by atoms with E-state index < -0.39 is 0 Å². The van der Waals surface area contributed by atoms with Gasteiger partial charge in [-0.25, -0.2) is 0 Å². The monoisotopic (exact) mass is 306 g/mol. The van der Waals surface area contributed by atoms with E-state index in [1.165, 1.54) is 0 Å². The molecule has 116 valence electrons. The van der Waals surface area contributed by atoms with E-state index >= 15 is 0 Å². The van der Waals surface area contributed by atoms with Gasteiger partial charge in [0, 0.05) is 23.2 Å². The van der Waals surface area contributed by atoms with Gasteiger partial charge in [-0.1, -0.05) is 11.6 Å². The third-order valence-corrected chi connectivity index (χ3v) is 4.47. The maximum Gasteiger partial charge on any atom is 0.194 e. The van der Waals surface area contributed by atoms with Gasteiger partial charge >= 0.3 is 0 Å². The van der Waals surface area contributed by atoms with Gasteiger partial charge in [0.2, 0.25) is 0 Å². The number of nitrogens with zero attached hydrogens (tertiary/aromatic N) is 1. The first-order valence-corrected chi connectivity index (χ1v) is 7.74. The highest BCUT2D eigenvalue weighted by molar-refractivity contribution is 5.84. The quantitative estimate of drug-likeness (QED) is 0.787. The van der Waals surface area contributed by atoms with E-state index in [1.807, 2.05) is 49.4 Å². The molecular formula is C19H18N2O2. The second-order valence-electron chi connectivity index (χ2n) is 5.93. The van der Waals surface area contributed by atoms with Crippen molar-refractivity contribution in [3.63, 3.8) is 0 Å². The molecule has 0 unspecified atom stereocenters. The summed E-state index contributed by atoms with van der Waals surface area (Å²) in [6.45, 7) is 2.82. The Morgan fingerprint density at radius 2 is 1.91 bits per heavy atom. The van der Waals surface area contributed by atoms with Crippen molar-refractivity contribution >= 4 is 22.4 Å². The number of nitrogens with one attached hydrogen (secondary N) is 1. The third-order valence-electron chi connectivity index (χ3n) is 4.47. The van der Waals surface area contributed by atoms with E-state index in [2.05, 4.69) is 9.88 Å². The number of rotatable bonds is 2. The van der Waals surface area contributed by atoms with Crippen LogP contribution in [0.25, 0.3) is 10.9 Å². The van der Waals surface area contributed by atoms with Crippen LogP contribution in [0.15, 0.2) is 47.3 Å². The van der Waals surface area contributed by atoms with E-state index in [9.17, 15) is 4.79 Å². The number of aromatic nitrogens is 1. The zero-order chi connectivity index (χ0) is 16.0. The Morgan fingerprint density at radius 3 is 2.65 bits per heavy atom. The molecule has 4 heteroatoms. The van der Waals surface area contributed by atoms with Crippen LogP contribution in [-0.2, 0) is 6.42 Å². The molecule has 0 saturated carbocycles. The lowest BCUT2D eigenvalue weighted by Gasteiger charge is -2.20. The minimum atomic E-state index is 0.147. The minimum absolute atomic E-state index is 0.147. The average Bonchev–Trinajstić information content (AvgIpc) is 3.00. The molecule has 1 aliphatic heterocycles. The van der Waals surface area contributed by atoms with Crippen LogP contribution < -0.4 is 15.1 Å². The van der Waals surface area contributed by atoms with Gasteiger partial charge in [-0.15, -0.1) is 0 Å². The molecule has 1 aliphatic rings. The molecule has 0 saturated heterocycles. The van der Waals surface area contributed by atoms with Crippen molar-refractivity contribution in [1.29, 1.82) is 0 Å². The van der Waals surface area contributed by atoms with E-state index in [0.29, 0.717) is 0 Å². The van der Waals surface area contributed by atoms with Gasteiger partial charge in [-0.05, 0) is 49.7 Å². The Morgan fingerprint density at radius 1 is 1.13 bits per heavy atom. The van der Waals surface area contributed by atoms with Crippen molar-refractivity contribution in [3.8, 4) is 5.75 Å². The number of pyridine rings is 1. The Hall–Kier alpha value is -2.75. The van der Waals surface area contributed by atoms with E-state index in [-0.39, 0.29) is 5.43 Å². The first kappa shape index (κ1) is 13.9. The summed E-state index contributed by atoms with van der Waals surface area (Å²) in [5.41, 5.74) is 4.08. The van der Waals surface area contributed by atoms with Crippen LogP contribution >= 0.6 is 0 Å². The number of methoxy groups -OCH3 is 1. The molecule has 2 aromatic carbocycles. The van der Waals surface area contributed by atoms with Crippen molar-refractivity contribution < 1.29 is 4.74 Å². The SMILES string of the molecule is COc1ccc(N2CCc3c2[nH]c2ccc(C)cc2c3=O)cc1. The molecule has 2 heterocycles. The lowest BCUT2D eigenvalue weighted by Crippen LogP contribution is -2.15. The van der Waals surface area contributed by atoms with Crippen molar-refractivity contribution in [1.82, 2.24) is 4.98 Å². The summed E-state index contributed by atoms with van der Waals surface area (Å²) in [6.07, 6.45) is 0.764. The molecule has 4 nitrogen and oxygen atoms in total. The first-order valence-electron chi connectivity index (χ1n) is 7.74. The smallest absolute Gasteiger partial charge is 0.194 e. The van der Waals surface area contributed by atoms with Gasteiger partial charge in [-0.2, -0.15) is 0 Å². The zero-order valence-electron chi connectivity index (χ0n) is 13.2. The standard InChI is InChI=1S/C19H18N2O2/c1-12-3-8-17-16(11-12)18(22)15-9-10-21(19(15)20-17)13-4-6-14(23-2)7-5-13/h3-8,11H,9-10H2,1-2H3,(H,20,22). The molecule has 1 N–H and O–H groups in total. The fourth-order valence-corrected chi connectivity index (χ4v) is 3.25. The highest BCUT2D eigenvalue weighted by atomic mass is 16.5. The van der Waals surface area contributed by atoms with Crippen LogP contribution in [-0.4, -0.2) is 18.6 Å². The number of H-pyrrole nitrogens is 1. The summed E-state index contributed by atoms with van der Waals surface area (Å²) in [4.78, 5) is 18.4.